The van der Waals surface area contributed by atoms with E-state index < -0.39 is 0 Å². The number of aromatic amines is 1. The molecule has 3 rings (SSSR count). The van der Waals surface area contributed by atoms with Crippen LogP contribution in [0.25, 0.3) is 10.9 Å². The van der Waals surface area contributed by atoms with Crippen LogP contribution in [0.1, 0.15) is 42.5 Å². The molecule has 1 saturated heterocycles. The van der Waals surface area contributed by atoms with Crippen molar-refractivity contribution in [1.29, 1.82) is 0 Å². The van der Waals surface area contributed by atoms with Crippen molar-refractivity contribution in [3.05, 3.63) is 45.2 Å². The highest BCUT2D eigenvalue weighted by Crippen LogP contribution is 2.23. The van der Waals surface area contributed by atoms with Crippen LogP contribution in [0.15, 0.2) is 23.0 Å². The van der Waals surface area contributed by atoms with E-state index in [-0.39, 0.29) is 17.4 Å². The number of pyridine rings is 1. The summed E-state index contributed by atoms with van der Waals surface area (Å²) in [6.07, 6.45) is 3.61. The molecular formula is C19H25N3O2. The van der Waals surface area contributed by atoms with Crippen LogP contribution in [0.3, 0.4) is 0 Å². The van der Waals surface area contributed by atoms with E-state index in [2.05, 4.69) is 9.88 Å². The van der Waals surface area contributed by atoms with Gasteiger partial charge in [0, 0.05) is 36.2 Å². The number of amides is 1. The van der Waals surface area contributed by atoms with E-state index >= 15 is 0 Å². The maximum Gasteiger partial charge on any atom is 0.218 e. The number of hydrogen-bond donors (Lipinski definition) is 2. The normalized spacial score (nSPS) is 18.8. The number of piperidine rings is 1. The molecule has 2 heterocycles. The highest BCUT2D eigenvalue weighted by atomic mass is 16.1. The van der Waals surface area contributed by atoms with Crippen LogP contribution in [0.4, 0.5) is 0 Å². The van der Waals surface area contributed by atoms with E-state index in [1.807, 2.05) is 26.0 Å². The zero-order valence-corrected chi connectivity index (χ0v) is 14.4. The van der Waals surface area contributed by atoms with E-state index in [0.29, 0.717) is 13.0 Å². The van der Waals surface area contributed by atoms with Crippen molar-refractivity contribution in [3.63, 3.8) is 0 Å². The van der Waals surface area contributed by atoms with Crippen LogP contribution >= 0.6 is 0 Å². The van der Waals surface area contributed by atoms with Gasteiger partial charge < -0.3 is 10.7 Å². The second kappa shape index (κ2) is 6.77. The molecule has 0 radical (unpaired) electrons. The largest absolute Gasteiger partial charge is 0.370 e. The summed E-state index contributed by atoms with van der Waals surface area (Å²) < 4.78 is 0. The monoisotopic (exact) mass is 327 g/mol. The average molecular weight is 327 g/mol. The van der Waals surface area contributed by atoms with E-state index in [1.54, 1.807) is 6.07 Å². The van der Waals surface area contributed by atoms with E-state index in [0.717, 1.165) is 53.5 Å². The molecule has 24 heavy (non-hydrogen) atoms. The second-order valence-corrected chi connectivity index (χ2v) is 6.90. The summed E-state index contributed by atoms with van der Waals surface area (Å²) in [6, 6.07) is 5.90. The van der Waals surface area contributed by atoms with Crippen LogP contribution in [-0.4, -0.2) is 28.4 Å². The lowest BCUT2D eigenvalue weighted by Gasteiger charge is -2.35. The van der Waals surface area contributed by atoms with Crippen LogP contribution in [0.2, 0.25) is 0 Å². The Bertz CT molecular complexity index is 825. The molecule has 2 aromatic rings. The van der Waals surface area contributed by atoms with Crippen molar-refractivity contribution >= 4 is 16.8 Å². The quantitative estimate of drug-likeness (QED) is 0.905. The number of carbonyl (C=O) groups excluding carboxylic acids is 1. The Morgan fingerprint density at radius 1 is 1.29 bits per heavy atom. The number of benzene rings is 1. The molecule has 0 bridgehead atoms. The Hall–Kier alpha value is -2.14. The van der Waals surface area contributed by atoms with Gasteiger partial charge in [-0.2, -0.15) is 0 Å². The van der Waals surface area contributed by atoms with Crippen molar-refractivity contribution in [3.8, 4) is 0 Å². The lowest BCUT2D eigenvalue weighted by Crippen LogP contribution is -2.41. The van der Waals surface area contributed by atoms with Gasteiger partial charge in [0.2, 0.25) is 5.91 Å². The molecule has 1 fully saturated rings. The van der Waals surface area contributed by atoms with Crippen molar-refractivity contribution in [2.24, 2.45) is 5.73 Å². The summed E-state index contributed by atoms with van der Waals surface area (Å²) in [4.78, 5) is 29.6. The average Bonchev–Trinajstić information content (AvgIpc) is 2.52. The smallest absolute Gasteiger partial charge is 0.218 e. The van der Waals surface area contributed by atoms with Gasteiger partial charge in [-0.1, -0.05) is 18.6 Å². The van der Waals surface area contributed by atoms with Crippen LogP contribution in [-0.2, 0) is 11.3 Å². The van der Waals surface area contributed by atoms with Gasteiger partial charge in [-0.15, -0.1) is 0 Å². The van der Waals surface area contributed by atoms with Crippen molar-refractivity contribution in [1.82, 2.24) is 9.88 Å². The Balaban J connectivity index is 1.93. The molecule has 1 aromatic heterocycles. The number of likely N-dealkylation sites (tertiary alicyclic amines) is 1. The molecule has 1 aliphatic rings. The van der Waals surface area contributed by atoms with Gasteiger partial charge in [0.05, 0.1) is 5.52 Å². The molecule has 1 unspecified atom stereocenters. The van der Waals surface area contributed by atoms with E-state index in [4.69, 9.17) is 5.73 Å². The number of nitrogens with zero attached hydrogens (tertiary/aromatic N) is 1. The highest BCUT2D eigenvalue weighted by molar-refractivity contribution is 5.84. The molecule has 1 atom stereocenters. The third-order valence-electron chi connectivity index (χ3n) is 5.02. The van der Waals surface area contributed by atoms with Gasteiger partial charge in [0.1, 0.15) is 0 Å². The first-order chi connectivity index (χ1) is 11.5. The second-order valence-electron chi connectivity index (χ2n) is 6.90. The molecule has 1 amide bonds. The van der Waals surface area contributed by atoms with Gasteiger partial charge in [0.25, 0.3) is 0 Å². The minimum Gasteiger partial charge on any atom is -0.370 e. The van der Waals surface area contributed by atoms with Gasteiger partial charge in [-0.05, 0) is 44.4 Å². The number of H-pyrrole nitrogens is 1. The molecule has 5 heteroatoms. The number of rotatable bonds is 4. The lowest BCUT2D eigenvalue weighted by molar-refractivity contribution is -0.119. The van der Waals surface area contributed by atoms with Crippen LogP contribution in [0.5, 0.6) is 0 Å². The topological polar surface area (TPSA) is 79.2 Å². The van der Waals surface area contributed by atoms with Gasteiger partial charge in [-0.3, -0.25) is 14.5 Å². The van der Waals surface area contributed by atoms with E-state index in [9.17, 15) is 9.59 Å². The number of aryl methyl sites for hydroxylation is 2. The number of primary amides is 1. The number of carbonyl (C=O) groups is 1. The summed E-state index contributed by atoms with van der Waals surface area (Å²) in [7, 11) is 0. The minimum absolute atomic E-state index is 0.0587. The van der Waals surface area contributed by atoms with Crippen molar-refractivity contribution < 1.29 is 4.79 Å². The predicted octanol–water partition coefficient (Wildman–Crippen LogP) is 2.37. The van der Waals surface area contributed by atoms with Crippen LogP contribution < -0.4 is 11.2 Å². The molecule has 5 nitrogen and oxygen atoms in total. The third-order valence-corrected chi connectivity index (χ3v) is 5.02. The van der Waals surface area contributed by atoms with Gasteiger partial charge in [0.15, 0.2) is 5.43 Å². The van der Waals surface area contributed by atoms with Gasteiger partial charge in [-0.25, -0.2) is 0 Å². The van der Waals surface area contributed by atoms with Crippen molar-refractivity contribution in [2.75, 3.05) is 6.54 Å². The fourth-order valence-corrected chi connectivity index (χ4v) is 3.75. The molecule has 0 spiro atoms. The maximum absolute atomic E-state index is 12.6. The zero-order valence-electron chi connectivity index (χ0n) is 14.4. The molecule has 3 N–H and O–H groups in total. The molecule has 128 valence electrons. The number of hydrogen-bond acceptors (Lipinski definition) is 3. The first-order valence-electron chi connectivity index (χ1n) is 8.60. The van der Waals surface area contributed by atoms with E-state index in [1.165, 1.54) is 0 Å². The summed E-state index contributed by atoms with van der Waals surface area (Å²) in [5.41, 5.74) is 9.33. The fourth-order valence-electron chi connectivity index (χ4n) is 3.75. The Labute approximate surface area is 141 Å². The maximum atomic E-state index is 12.6. The lowest BCUT2D eigenvalue weighted by atomic mass is 9.98. The summed E-state index contributed by atoms with van der Waals surface area (Å²) in [5.74, 6) is -0.259. The highest BCUT2D eigenvalue weighted by Gasteiger charge is 2.24. The zero-order chi connectivity index (χ0) is 17.3. The number of fused-ring (bicyclic) bond motifs is 1. The third kappa shape index (κ3) is 3.36. The number of aromatic nitrogens is 1. The number of nitrogens with two attached hydrogens (primary N) is 1. The summed E-state index contributed by atoms with van der Waals surface area (Å²) >= 11 is 0. The number of nitrogens with one attached hydrogen (secondary N) is 1. The Morgan fingerprint density at radius 3 is 2.79 bits per heavy atom. The predicted molar refractivity (Wildman–Crippen MR) is 95.9 cm³/mol. The first-order valence-corrected chi connectivity index (χ1v) is 8.60. The molecule has 1 aromatic carbocycles. The Kier molecular flexibility index (Phi) is 4.71. The molecular weight excluding hydrogens is 302 g/mol. The van der Waals surface area contributed by atoms with Crippen LogP contribution in [0, 0.1) is 13.8 Å². The molecule has 0 aliphatic carbocycles. The fraction of sp³-hybridized carbons (Fsp3) is 0.474. The SMILES string of the molecule is Cc1ccc(C)c2c(=O)cc(CN3CCCCC3CC(N)=O)[nH]c12. The minimum atomic E-state index is -0.259. The molecule has 0 saturated carbocycles. The summed E-state index contributed by atoms with van der Waals surface area (Å²) in [6.45, 7) is 5.56. The first kappa shape index (κ1) is 16.7. The summed E-state index contributed by atoms with van der Waals surface area (Å²) in [5, 5.41) is 0.770. The molecule has 1 aliphatic heterocycles. The van der Waals surface area contributed by atoms with Gasteiger partial charge >= 0.3 is 0 Å². The Morgan fingerprint density at radius 2 is 2.04 bits per heavy atom. The standard InChI is InChI=1S/C19H25N3O2/c1-12-6-7-13(2)19-18(12)16(23)9-14(21-19)11-22-8-4-3-5-15(22)10-17(20)24/h6-7,9,15H,3-5,8,10-11H2,1-2H3,(H2,20,24)(H,21,23). The van der Waals surface area contributed by atoms with Crippen molar-refractivity contribution in [2.45, 2.75) is 52.1 Å².